The van der Waals surface area contributed by atoms with Crippen LogP contribution in [0.2, 0.25) is 0 Å². The highest BCUT2D eigenvalue weighted by Crippen LogP contribution is 2.43. The normalized spacial score (nSPS) is 18.1. The molecule has 0 spiro atoms. The fraction of sp³-hybridized carbons (Fsp3) is 0.368. The lowest BCUT2D eigenvalue weighted by Crippen LogP contribution is -2.30. The van der Waals surface area contributed by atoms with Crippen molar-refractivity contribution in [2.45, 2.75) is 24.1 Å². The summed E-state index contributed by atoms with van der Waals surface area (Å²) < 4.78 is 38.7. The van der Waals surface area contributed by atoms with Crippen LogP contribution in [0.3, 0.4) is 0 Å². The summed E-state index contributed by atoms with van der Waals surface area (Å²) in [5.74, 6) is 1.98. The quantitative estimate of drug-likeness (QED) is 0.774. The zero-order valence-corrected chi connectivity index (χ0v) is 17.0. The number of benzene rings is 2. The molecule has 7 heteroatoms. The molecule has 1 heterocycles. The van der Waals surface area contributed by atoms with Crippen LogP contribution in [0.25, 0.3) is 0 Å². The minimum Gasteiger partial charge on any atom is -0.493 e. The van der Waals surface area contributed by atoms with Crippen LogP contribution < -0.4 is 9.47 Å². The van der Waals surface area contributed by atoms with Gasteiger partial charge < -0.3 is 9.47 Å². The molecular formula is C19H23NO4S2. The molecule has 0 aromatic heterocycles. The molecule has 1 aliphatic heterocycles. The number of methoxy groups -OCH3 is 2. The SMILES string of the molecule is COc1ccc([C@@H]2SCCN2S(=O)(=O)c2ccc(C)c(C)c2)cc1OC. The molecule has 0 N–H and O–H groups in total. The van der Waals surface area contributed by atoms with Gasteiger partial charge in [0.15, 0.2) is 11.5 Å². The predicted octanol–water partition coefficient (Wildman–Crippen LogP) is 3.76. The van der Waals surface area contributed by atoms with Crippen LogP contribution in [0.5, 0.6) is 11.5 Å². The standard InChI is InChI=1S/C19H23NO4S2/c1-13-5-7-16(11-14(13)2)26(21,22)20-9-10-25-19(20)15-6-8-17(23-3)18(12-15)24-4/h5-8,11-12,19H,9-10H2,1-4H3/t19-/m0/s1. The molecule has 1 aliphatic rings. The Morgan fingerprint density at radius 1 is 1.00 bits per heavy atom. The first-order chi connectivity index (χ1) is 12.4. The molecule has 0 saturated carbocycles. The van der Waals surface area contributed by atoms with E-state index in [9.17, 15) is 8.42 Å². The van der Waals surface area contributed by atoms with E-state index in [1.807, 2.05) is 38.1 Å². The first-order valence-corrected chi connectivity index (χ1v) is 10.8. The van der Waals surface area contributed by atoms with E-state index >= 15 is 0 Å². The molecule has 0 unspecified atom stereocenters. The Hall–Kier alpha value is -1.70. The summed E-state index contributed by atoms with van der Waals surface area (Å²) in [5.41, 5.74) is 2.94. The van der Waals surface area contributed by atoms with Crippen molar-refractivity contribution in [1.29, 1.82) is 0 Å². The Morgan fingerprint density at radius 3 is 2.38 bits per heavy atom. The minimum absolute atomic E-state index is 0.276. The largest absolute Gasteiger partial charge is 0.493 e. The summed E-state index contributed by atoms with van der Waals surface area (Å²) in [6.45, 7) is 4.39. The average molecular weight is 394 g/mol. The average Bonchev–Trinajstić information content (AvgIpc) is 3.14. The summed E-state index contributed by atoms with van der Waals surface area (Å²) in [4.78, 5) is 0.341. The van der Waals surface area contributed by atoms with Gasteiger partial charge >= 0.3 is 0 Å². The predicted molar refractivity (Wildman–Crippen MR) is 105 cm³/mol. The van der Waals surface area contributed by atoms with Gasteiger partial charge in [-0.05, 0) is 54.8 Å². The third-order valence-electron chi connectivity index (χ3n) is 4.63. The third-order valence-corrected chi connectivity index (χ3v) is 7.88. The second-order valence-electron chi connectivity index (χ2n) is 6.20. The van der Waals surface area contributed by atoms with Crippen LogP contribution in [0.15, 0.2) is 41.3 Å². The van der Waals surface area contributed by atoms with E-state index in [1.165, 1.54) is 0 Å². The van der Waals surface area contributed by atoms with Gasteiger partial charge in [-0.2, -0.15) is 4.31 Å². The lowest BCUT2D eigenvalue weighted by Gasteiger charge is -2.24. The number of sulfonamides is 1. The number of rotatable bonds is 5. The van der Waals surface area contributed by atoms with Crippen molar-refractivity contribution in [3.8, 4) is 11.5 Å². The van der Waals surface area contributed by atoms with Crippen molar-refractivity contribution in [2.24, 2.45) is 0 Å². The maximum absolute atomic E-state index is 13.2. The maximum atomic E-state index is 13.2. The van der Waals surface area contributed by atoms with E-state index < -0.39 is 10.0 Å². The lowest BCUT2D eigenvalue weighted by molar-refractivity contribution is 0.353. The van der Waals surface area contributed by atoms with Gasteiger partial charge in [-0.25, -0.2) is 8.42 Å². The maximum Gasteiger partial charge on any atom is 0.244 e. The first kappa shape index (κ1) is 19.1. The summed E-state index contributed by atoms with van der Waals surface area (Å²) >= 11 is 1.62. The Balaban J connectivity index is 1.98. The van der Waals surface area contributed by atoms with Crippen molar-refractivity contribution in [3.63, 3.8) is 0 Å². The van der Waals surface area contributed by atoms with Crippen molar-refractivity contribution in [1.82, 2.24) is 4.31 Å². The second kappa shape index (κ2) is 7.50. The van der Waals surface area contributed by atoms with Gasteiger partial charge in [0, 0.05) is 12.3 Å². The molecular weight excluding hydrogens is 370 g/mol. The van der Waals surface area contributed by atoms with E-state index in [2.05, 4.69) is 0 Å². The molecule has 2 aromatic rings. The van der Waals surface area contributed by atoms with Crippen molar-refractivity contribution in [2.75, 3.05) is 26.5 Å². The number of hydrogen-bond donors (Lipinski definition) is 0. The molecule has 0 aliphatic carbocycles. The molecule has 1 atom stereocenters. The highest BCUT2D eigenvalue weighted by molar-refractivity contribution is 8.01. The van der Waals surface area contributed by atoms with Crippen LogP contribution in [0, 0.1) is 13.8 Å². The monoisotopic (exact) mass is 393 g/mol. The van der Waals surface area contributed by atoms with Gasteiger partial charge in [-0.1, -0.05) is 12.1 Å². The summed E-state index contributed by atoms with van der Waals surface area (Å²) in [7, 11) is -0.412. The van der Waals surface area contributed by atoms with E-state index in [0.29, 0.717) is 22.9 Å². The van der Waals surface area contributed by atoms with Gasteiger partial charge in [-0.15, -0.1) is 11.8 Å². The first-order valence-electron chi connectivity index (χ1n) is 8.31. The van der Waals surface area contributed by atoms with Crippen LogP contribution >= 0.6 is 11.8 Å². The number of ether oxygens (including phenoxy) is 2. The Labute approximate surface area is 159 Å². The van der Waals surface area contributed by atoms with Gasteiger partial charge in [0.25, 0.3) is 0 Å². The summed E-state index contributed by atoms with van der Waals surface area (Å²) in [5, 5.41) is -0.276. The fourth-order valence-electron chi connectivity index (χ4n) is 2.98. The van der Waals surface area contributed by atoms with Gasteiger partial charge in [0.1, 0.15) is 0 Å². The molecule has 3 rings (SSSR count). The van der Waals surface area contributed by atoms with Crippen LogP contribution in [0.4, 0.5) is 0 Å². The summed E-state index contributed by atoms with van der Waals surface area (Å²) in [6, 6.07) is 10.9. The molecule has 1 fully saturated rings. The molecule has 0 bridgehead atoms. The molecule has 140 valence electrons. The zero-order chi connectivity index (χ0) is 18.9. The van der Waals surface area contributed by atoms with E-state index in [1.54, 1.807) is 42.4 Å². The van der Waals surface area contributed by atoms with Crippen LogP contribution in [-0.4, -0.2) is 39.2 Å². The number of nitrogens with zero attached hydrogens (tertiary/aromatic N) is 1. The van der Waals surface area contributed by atoms with Crippen molar-refractivity contribution >= 4 is 21.8 Å². The number of hydrogen-bond acceptors (Lipinski definition) is 5. The molecule has 2 aromatic carbocycles. The minimum atomic E-state index is -3.57. The van der Waals surface area contributed by atoms with E-state index in [-0.39, 0.29) is 5.37 Å². The van der Waals surface area contributed by atoms with Gasteiger partial charge in [-0.3, -0.25) is 0 Å². The molecule has 0 radical (unpaired) electrons. The number of aryl methyl sites for hydroxylation is 2. The smallest absolute Gasteiger partial charge is 0.244 e. The second-order valence-corrected chi connectivity index (χ2v) is 9.28. The van der Waals surface area contributed by atoms with E-state index in [4.69, 9.17) is 9.47 Å². The van der Waals surface area contributed by atoms with Gasteiger partial charge in [0.05, 0.1) is 24.5 Å². The number of thioether (sulfide) groups is 1. The Morgan fingerprint density at radius 2 is 1.73 bits per heavy atom. The third kappa shape index (κ3) is 3.43. The zero-order valence-electron chi connectivity index (χ0n) is 15.4. The Kier molecular flexibility index (Phi) is 5.50. The lowest BCUT2D eigenvalue weighted by atomic mass is 10.1. The van der Waals surface area contributed by atoms with Gasteiger partial charge in [0.2, 0.25) is 10.0 Å². The molecule has 26 heavy (non-hydrogen) atoms. The van der Waals surface area contributed by atoms with Crippen LogP contribution in [0.1, 0.15) is 22.1 Å². The van der Waals surface area contributed by atoms with Crippen LogP contribution in [-0.2, 0) is 10.0 Å². The Bertz CT molecular complexity index is 912. The molecule has 5 nitrogen and oxygen atoms in total. The van der Waals surface area contributed by atoms with E-state index in [0.717, 1.165) is 22.4 Å². The topological polar surface area (TPSA) is 55.8 Å². The fourth-order valence-corrected chi connectivity index (χ4v) is 6.30. The molecule has 0 amide bonds. The summed E-state index contributed by atoms with van der Waals surface area (Å²) in [6.07, 6.45) is 0. The highest BCUT2D eigenvalue weighted by Gasteiger charge is 2.37. The van der Waals surface area contributed by atoms with Crippen molar-refractivity contribution in [3.05, 3.63) is 53.1 Å². The molecule has 1 saturated heterocycles. The highest BCUT2D eigenvalue weighted by atomic mass is 32.2. The van der Waals surface area contributed by atoms with Crippen molar-refractivity contribution < 1.29 is 17.9 Å².